The van der Waals surface area contributed by atoms with Gasteiger partial charge in [-0.3, -0.25) is 9.10 Å². The number of hydrogen-bond donors (Lipinski definition) is 1. The van der Waals surface area contributed by atoms with Gasteiger partial charge >= 0.3 is 0 Å². The first-order valence-corrected chi connectivity index (χ1v) is 12.4. The van der Waals surface area contributed by atoms with E-state index >= 15 is 0 Å². The fraction of sp³-hybridized carbons (Fsp3) is 0.435. The molecule has 2 aromatic carbocycles. The van der Waals surface area contributed by atoms with Crippen LogP contribution in [0.25, 0.3) is 0 Å². The van der Waals surface area contributed by atoms with Crippen LogP contribution in [0.5, 0.6) is 5.75 Å². The van der Waals surface area contributed by atoms with Gasteiger partial charge < -0.3 is 15.0 Å². The van der Waals surface area contributed by atoms with Crippen LogP contribution >= 0.6 is 0 Å². The van der Waals surface area contributed by atoms with Crippen molar-refractivity contribution >= 4 is 27.3 Å². The first-order chi connectivity index (χ1) is 14.7. The van der Waals surface area contributed by atoms with Gasteiger partial charge in [-0.15, -0.1) is 0 Å². The van der Waals surface area contributed by atoms with E-state index in [0.717, 1.165) is 29.2 Å². The van der Waals surface area contributed by atoms with Crippen molar-refractivity contribution < 1.29 is 17.9 Å². The molecule has 0 aliphatic carbocycles. The molecule has 0 spiro atoms. The van der Waals surface area contributed by atoms with Crippen LogP contribution in [0.2, 0.25) is 0 Å². The normalized spacial score (nSPS) is 14.0. The predicted molar refractivity (Wildman–Crippen MR) is 124 cm³/mol. The summed E-state index contributed by atoms with van der Waals surface area (Å²) in [4.78, 5) is 14.8. The number of nitrogens with zero attached hydrogens (tertiary/aromatic N) is 2. The van der Waals surface area contributed by atoms with E-state index in [-0.39, 0.29) is 18.6 Å². The molecule has 1 N–H and O–H groups in total. The zero-order valence-electron chi connectivity index (χ0n) is 18.4. The van der Waals surface area contributed by atoms with Gasteiger partial charge in [-0.1, -0.05) is 12.1 Å². The number of carbonyl (C=O) groups excluding carboxylic acids is 1. The van der Waals surface area contributed by atoms with E-state index in [2.05, 4.69) is 22.3 Å². The van der Waals surface area contributed by atoms with Crippen LogP contribution in [0.15, 0.2) is 48.5 Å². The molecule has 0 aromatic heterocycles. The maximum atomic E-state index is 12.5. The molecule has 1 fully saturated rings. The number of nitrogens with one attached hydrogen (secondary N) is 1. The highest BCUT2D eigenvalue weighted by Crippen LogP contribution is 2.23. The lowest BCUT2D eigenvalue weighted by molar-refractivity contribution is -0.119. The summed E-state index contributed by atoms with van der Waals surface area (Å²) in [6.45, 7) is 6.07. The molecular weight excluding hydrogens is 414 g/mol. The SMILES string of the molecule is CC(C)Oc1ccc(N(CC(=O)NCc2ccc(N3CCCC3)cc2)S(C)(=O)=O)cc1. The highest BCUT2D eigenvalue weighted by atomic mass is 32.2. The summed E-state index contributed by atoms with van der Waals surface area (Å²) in [7, 11) is -3.62. The number of amides is 1. The molecule has 168 valence electrons. The van der Waals surface area contributed by atoms with Gasteiger partial charge in [0.05, 0.1) is 18.0 Å². The standard InChI is InChI=1S/C23H31N3O4S/c1-18(2)30-22-12-10-21(11-13-22)26(31(3,28)29)17-23(27)24-16-19-6-8-20(9-7-19)25-14-4-5-15-25/h6-13,18H,4-5,14-17H2,1-3H3,(H,24,27). The number of benzene rings is 2. The average Bonchev–Trinajstić information content (AvgIpc) is 3.25. The highest BCUT2D eigenvalue weighted by Gasteiger charge is 2.21. The molecule has 1 amide bonds. The van der Waals surface area contributed by atoms with Crippen LogP contribution in [0.3, 0.4) is 0 Å². The number of ether oxygens (including phenoxy) is 1. The molecule has 8 heteroatoms. The molecule has 0 radical (unpaired) electrons. The van der Waals surface area contributed by atoms with Gasteiger partial charge in [0, 0.05) is 25.3 Å². The smallest absolute Gasteiger partial charge is 0.241 e. The van der Waals surface area contributed by atoms with Crippen LogP contribution in [-0.2, 0) is 21.4 Å². The maximum Gasteiger partial charge on any atom is 0.241 e. The van der Waals surface area contributed by atoms with Gasteiger partial charge in [0.1, 0.15) is 12.3 Å². The van der Waals surface area contributed by atoms with E-state index in [1.165, 1.54) is 18.5 Å². The quantitative estimate of drug-likeness (QED) is 0.641. The zero-order valence-corrected chi connectivity index (χ0v) is 19.2. The van der Waals surface area contributed by atoms with Gasteiger partial charge in [0.15, 0.2) is 0 Å². The molecule has 1 aliphatic heterocycles. The third-order valence-electron chi connectivity index (χ3n) is 5.08. The molecule has 3 rings (SSSR count). The Morgan fingerprint density at radius 1 is 1.06 bits per heavy atom. The van der Waals surface area contributed by atoms with Crippen molar-refractivity contribution in [1.82, 2.24) is 5.32 Å². The molecular formula is C23H31N3O4S. The van der Waals surface area contributed by atoms with Crippen molar-refractivity contribution in [2.75, 3.05) is 35.1 Å². The van der Waals surface area contributed by atoms with Crippen LogP contribution in [0.1, 0.15) is 32.3 Å². The highest BCUT2D eigenvalue weighted by molar-refractivity contribution is 7.92. The minimum atomic E-state index is -3.62. The summed E-state index contributed by atoms with van der Waals surface area (Å²) in [5.74, 6) is 0.283. The van der Waals surface area contributed by atoms with Crippen molar-refractivity contribution in [1.29, 1.82) is 0 Å². The number of sulfonamides is 1. The molecule has 0 unspecified atom stereocenters. The third kappa shape index (κ3) is 6.62. The van der Waals surface area contributed by atoms with E-state index in [1.54, 1.807) is 24.3 Å². The Hall–Kier alpha value is -2.74. The summed E-state index contributed by atoms with van der Waals surface area (Å²) in [6.07, 6.45) is 3.56. The van der Waals surface area contributed by atoms with Crippen LogP contribution in [0, 0.1) is 0 Å². The Kier molecular flexibility index (Phi) is 7.43. The van der Waals surface area contributed by atoms with E-state index < -0.39 is 10.0 Å². The molecule has 1 saturated heterocycles. The second kappa shape index (κ2) is 10.0. The Labute approximate surface area is 185 Å². The number of carbonyl (C=O) groups is 1. The minimum Gasteiger partial charge on any atom is -0.491 e. The maximum absolute atomic E-state index is 12.5. The second-order valence-electron chi connectivity index (χ2n) is 8.07. The largest absolute Gasteiger partial charge is 0.491 e. The van der Waals surface area contributed by atoms with Crippen molar-refractivity contribution in [3.63, 3.8) is 0 Å². The third-order valence-corrected chi connectivity index (χ3v) is 6.22. The number of hydrogen-bond acceptors (Lipinski definition) is 5. The summed E-state index contributed by atoms with van der Waals surface area (Å²) in [6, 6.07) is 14.8. The molecule has 0 atom stereocenters. The van der Waals surface area contributed by atoms with Gasteiger partial charge in [0.25, 0.3) is 0 Å². The molecule has 1 aliphatic rings. The lowest BCUT2D eigenvalue weighted by Crippen LogP contribution is -2.40. The number of rotatable bonds is 9. The van der Waals surface area contributed by atoms with E-state index in [0.29, 0.717) is 18.0 Å². The lowest BCUT2D eigenvalue weighted by Gasteiger charge is -2.22. The average molecular weight is 446 g/mol. The first-order valence-electron chi connectivity index (χ1n) is 10.6. The Bertz CT molecular complexity index is 967. The second-order valence-corrected chi connectivity index (χ2v) is 9.97. The summed E-state index contributed by atoms with van der Waals surface area (Å²) < 4.78 is 31.2. The van der Waals surface area contributed by atoms with Crippen molar-refractivity contribution in [2.24, 2.45) is 0 Å². The van der Waals surface area contributed by atoms with E-state index in [9.17, 15) is 13.2 Å². The molecule has 0 bridgehead atoms. The Morgan fingerprint density at radius 3 is 2.23 bits per heavy atom. The first kappa shape index (κ1) is 22.9. The molecule has 0 saturated carbocycles. The van der Waals surface area contributed by atoms with Crippen LogP contribution < -0.4 is 19.3 Å². The van der Waals surface area contributed by atoms with E-state index in [1.807, 2.05) is 26.0 Å². The van der Waals surface area contributed by atoms with Gasteiger partial charge in [-0.05, 0) is 68.7 Å². The minimum absolute atomic E-state index is 0.0204. The van der Waals surface area contributed by atoms with Crippen LogP contribution in [0.4, 0.5) is 11.4 Å². The number of anilines is 2. The van der Waals surface area contributed by atoms with Crippen molar-refractivity contribution in [2.45, 2.75) is 39.3 Å². The van der Waals surface area contributed by atoms with Crippen molar-refractivity contribution in [3.8, 4) is 5.75 Å². The Morgan fingerprint density at radius 2 is 1.68 bits per heavy atom. The van der Waals surface area contributed by atoms with Crippen molar-refractivity contribution in [3.05, 3.63) is 54.1 Å². The fourth-order valence-electron chi connectivity index (χ4n) is 3.55. The lowest BCUT2D eigenvalue weighted by atomic mass is 10.2. The molecule has 2 aromatic rings. The molecule has 1 heterocycles. The summed E-state index contributed by atoms with van der Waals surface area (Å²) in [5, 5.41) is 2.81. The van der Waals surface area contributed by atoms with Gasteiger partial charge in [-0.25, -0.2) is 8.42 Å². The summed E-state index contributed by atoms with van der Waals surface area (Å²) >= 11 is 0. The molecule has 31 heavy (non-hydrogen) atoms. The fourth-order valence-corrected chi connectivity index (χ4v) is 4.41. The monoisotopic (exact) mass is 445 g/mol. The van der Waals surface area contributed by atoms with E-state index in [4.69, 9.17) is 4.74 Å². The predicted octanol–water partition coefficient (Wildman–Crippen LogP) is 3.16. The van der Waals surface area contributed by atoms with Crippen LogP contribution in [-0.4, -0.2) is 46.3 Å². The van der Waals surface area contributed by atoms with Gasteiger partial charge in [-0.2, -0.15) is 0 Å². The zero-order chi connectivity index (χ0) is 22.4. The summed E-state index contributed by atoms with van der Waals surface area (Å²) in [5.41, 5.74) is 2.59. The van der Waals surface area contributed by atoms with Gasteiger partial charge in [0.2, 0.25) is 15.9 Å². The topological polar surface area (TPSA) is 79.0 Å². The molecule has 7 nitrogen and oxygen atoms in total. The Balaban J connectivity index is 1.59.